The van der Waals surface area contributed by atoms with E-state index in [1.165, 1.54) is 0 Å². The van der Waals surface area contributed by atoms with E-state index in [4.69, 9.17) is 22.1 Å². The van der Waals surface area contributed by atoms with Crippen molar-refractivity contribution >= 4 is 39.1 Å². The third-order valence-electron chi connectivity index (χ3n) is 2.76. The maximum absolute atomic E-state index is 12.0. The lowest BCUT2D eigenvalue weighted by molar-refractivity contribution is -0.119. The lowest BCUT2D eigenvalue weighted by atomic mass is 10.0. The molecule has 0 aliphatic rings. The monoisotopic (exact) mass is 348 g/mol. The van der Waals surface area contributed by atoms with Crippen LogP contribution < -0.4 is 15.8 Å². The lowest BCUT2D eigenvalue weighted by Gasteiger charge is -2.18. The first-order valence-corrected chi connectivity index (χ1v) is 7.22. The molecule has 0 saturated carbocycles. The highest BCUT2D eigenvalue weighted by atomic mass is 79.9. The summed E-state index contributed by atoms with van der Waals surface area (Å²) in [6.07, 6.45) is 0. The Balaban J connectivity index is 3.02. The van der Waals surface area contributed by atoms with Crippen molar-refractivity contribution < 1.29 is 9.53 Å². The predicted molar refractivity (Wildman–Crippen MR) is 81.8 cm³/mol. The van der Waals surface area contributed by atoms with E-state index in [0.29, 0.717) is 27.5 Å². The summed E-state index contributed by atoms with van der Waals surface area (Å²) in [7, 11) is 0. The van der Waals surface area contributed by atoms with Gasteiger partial charge in [-0.05, 0) is 41.9 Å². The average Bonchev–Trinajstić information content (AvgIpc) is 2.32. The van der Waals surface area contributed by atoms with Crippen LogP contribution in [-0.4, -0.2) is 18.6 Å². The first kappa shape index (κ1) is 16.3. The minimum absolute atomic E-state index is 0.162. The van der Waals surface area contributed by atoms with E-state index in [1.807, 2.05) is 6.92 Å². The van der Waals surface area contributed by atoms with E-state index in [0.717, 1.165) is 0 Å². The van der Waals surface area contributed by atoms with Crippen molar-refractivity contribution in [2.24, 2.45) is 11.7 Å². The number of carbonyl (C=O) groups is 1. The number of nitrogens with one attached hydrogen (secondary N) is 1. The maximum atomic E-state index is 12.0. The first-order valence-electron chi connectivity index (χ1n) is 6.05. The second-order valence-corrected chi connectivity index (χ2v) is 5.63. The fraction of sp³-hybridized carbons (Fsp3) is 0.462. The van der Waals surface area contributed by atoms with E-state index < -0.39 is 0 Å². The van der Waals surface area contributed by atoms with Crippen molar-refractivity contribution in [2.75, 3.05) is 11.9 Å². The van der Waals surface area contributed by atoms with Crippen molar-refractivity contribution in [1.29, 1.82) is 0 Å². The Morgan fingerprint density at radius 3 is 2.68 bits per heavy atom. The molecule has 106 valence electrons. The number of hydrogen-bond acceptors (Lipinski definition) is 3. The van der Waals surface area contributed by atoms with Crippen LogP contribution >= 0.6 is 27.5 Å². The van der Waals surface area contributed by atoms with E-state index in [2.05, 4.69) is 21.2 Å². The van der Waals surface area contributed by atoms with Gasteiger partial charge >= 0.3 is 0 Å². The summed E-state index contributed by atoms with van der Waals surface area (Å²) in [4.78, 5) is 12.0. The summed E-state index contributed by atoms with van der Waals surface area (Å²) in [6, 6.07) is 3.15. The van der Waals surface area contributed by atoms with Gasteiger partial charge < -0.3 is 15.8 Å². The molecule has 19 heavy (non-hydrogen) atoms. The van der Waals surface area contributed by atoms with Crippen LogP contribution in [0.1, 0.15) is 20.8 Å². The van der Waals surface area contributed by atoms with Crippen LogP contribution in [0.3, 0.4) is 0 Å². The Morgan fingerprint density at radius 1 is 1.53 bits per heavy atom. The predicted octanol–water partition coefficient (Wildman–Crippen LogP) is 3.42. The summed E-state index contributed by atoms with van der Waals surface area (Å²) >= 11 is 9.36. The zero-order valence-electron chi connectivity index (χ0n) is 11.2. The van der Waals surface area contributed by atoms with Crippen LogP contribution in [0.4, 0.5) is 5.69 Å². The molecule has 0 aliphatic heterocycles. The molecular formula is C13H18BrClN2O2. The Hall–Kier alpha value is -0.780. The molecule has 1 amide bonds. The number of hydrogen-bond donors (Lipinski definition) is 2. The number of benzene rings is 1. The minimum atomic E-state index is -0.299. The molecule has 0 saturated heterocycles. The summed E-state index contributed by atoms with van der Waals surface area (Å²) in [6.45, 7) is 5.94. The smallest absolute Gasteiger partial charge is 0.228 e. The molecule has 0 aromatic heterocycles. The van der Waals surface area contributed by atoms with Crippen molar-refractivity contribution in [3.05, 3.63) is 21.6 Å². The number of halogens is 2. The third kappa shape index (κ3) is 4.37. The van der Waals surface area contributed by atoms with E-state index in [9.17, 15) is 4.79 Å². The van der Waals surface area contributed by atoms with Gasteiger partial charge in [0.05, 0.1) is 22.7 Å². The largest absolute Gasteiger partial charge is 0.491 e. The lowest BCUT2D eigenvalue weighted by Crippen LogP contribution is -2.34. The van der Waals surface area contributed by atoms with E-state index in [-0.39, 0.29) is 17.9 Å². The second-order valence-electron chi connectivity index (χ2n) is 4.33. The van der Waals surface area contributed by atoms with Crippen LogP contribution in [0, 0.1) is 5.92 Å². The molecule has 0 aliphatic carbocycles. The number of ether oxygens (including phenoxy) is 1. The van der Waals surface area contributed by atoms with Crippen molar-refractivity contribution in [3.8, 4) is 5.75 Å². The van der Waals surface area contributed by atoms with Crippen LogP contribution in [0.5, 0.6) is 5.75 Å². The molecule has 1 rings (SSSR count). The number of nitrogens with two attached hydrogens (primary N) is 1. The van der Waals surface area contributed by atoms with Gasteiger partial charge in [0.1, 0.15) is 0 Å². The van der Waals surface area contributed by atoms with Crippen LogP contribution in [0.25, 0.3) is 0 Å². The molecule has 0 radical (unpaired) electrons. The zero-order chi connectivity index (χ0) is 14.6. The molecule has 0 fully saturated rings. The van der Waals surface area contributed by atoms with Gasteiger partial charge in [0, 0.05) is 11.1 Å². The highest BCUT2D eigenvalue weighted by molar-refractivity contribution is 9.10. The van der Waals surface area contributed by atoms with Crippen LogP contribution in [-0.2, 0) is 4.79 Å². The summed E-state index contributed by atoms with van der Waals surface area (Å²) in [5.74, 6) is 0.106. The molecule has 6 heteroatoms. The number of anilines is 1. The van der Waals surface area contributed by atoms with Gasteiger partial charge in [-0.15, -0.1) is 0 Å². The first-order chi connectivity index (χ1) is 8.86. The molecule has 0 spiro atoms. The standard InChI is InChI=1S/C13H18BrClN2O2/c1-4-19-12-10(14)5-9(15)6-11(12)17-13(18)7(2)8(3)16/h5-8H,4,16H2,1-3H3,(H,17,18). The average molecular weight is 350 g/mol. The Morgan fingerprint density at radius 2 is 2.16 bits per heavy atom. The molecule has 0 bridgehead atoms. The summed E-state index contributed by atoms with van der Waals surface area (Å²) in [5.41, 5.74) is 6.26. The van der Waals surface area contributed by atoms with Gasteiger partial charge in [-0.2, -0.15) is 0 Å². The van der Waals surface area contributed by atoms with Gasteiger partial charge in [-0.3, -0.25) is 4.79 Å². The number of carbonyl (C=O) groups excluding carboxylic acids is 1. The molecule has 0 heterocycles. The zero-order valence-corrected chi connectivity index (χ0v) is 13.5. The highest BCUT2D eigenvalue weighted by Crippen LogP contribution is 2.36. The summed E-state index contributed by atoms with van der Waals surface area (Å²) in [5, 5.41) is 3.31. The molecular weight excluding hydrogens is 332 g/mol. The maximum Gasteiger partial charge on any atom is 0.228 e. The Bertz CT molecular complexity index is 466. The molecule has 1 aromatic rings. The van der Waals surface area contributed by atoms with Crippen molar-refractivity contribution in [2.45, 2.75) is 26.8 Å². The fourth-order valence-electron chi connectivity index (χ4n) is 1.43. The van der Waals surface area contributed by atoms with Crippen molar-refractivity contribution in [1.82, 2.24) is 0 Å². The molecule has 4 nitrogen and oxygen atoms in total. The van der Waals surface area contributed by atoms with Gasteiger partial charge in [-0.1, -0.05) is 18.5 Å². The fourth-order valence-corrected chi connectivity index (χ4v) is 2.35. The third-order valence-corrected chi connectivity index (χ3v) is 3.56. The Kier molecular flexibility index (Phi) is 6.10. The van der Waals surface area contributed by atoms with Gasteiger partial charge in [0.2, 0.25) is 5.91 Å². The van der Waals surface area contributed by atoms with Gasteiger partial charge in [-0.25, -0.2) is 0 Å². The molecule has 1 aromatic carbocycles. The van der Waals surface area contributed by atoms with Gasteiger partial charge in [0.25, 0.3) is 0 Å². The van der Waals surface area contributed by atoms with E-state index in [1.54, 1.807) is 26.0 Å². The molecule has 2 unspecified atom stereocenters. The van der Waals surface area contributed by atoms with Crippen LogP contribution in [0.15, 0.2) is 16.6 Å². The number of rotatable bonds is 5. The summed E-state index contributed by atoms with van der Waals surface area (Å²) < 4.78 is 6.21. The molecule has 3 N–H and O–H groups in total. The van der Waals surface area contributed by atoms with Crippen LogP contribution in [0.2, 0.25) is 5.02 Å². The van der Waals surface area contributed by atoms with E-state index >= 15 is 0 Å². The molecule has 2 atom stereocenters. The topological polar surface area (TPSA) is 64.3 Å². The second kappa shape index (κ2) is 7.12. The quantitative estimate of drug-likeness (QED) is 0.856. The minimum Gasteiger partial charge on any atom is -0.491 e. The highest BCUT2D eigenvalue weighted by Gasteiger charge is 2.19. The van der Waals surface area contributed by atoms with Gasteiger partial charge in [0.15, 0.2) is 5.75 Å². The Labute approximate surface area is 126 Å². The normalized spacial score (nSPS) is 13.8. The van der Waals surface area contributed by atoms with Crippen molar-refractivity contribution in [3.63, 3.8) is 0 Å². The SMILES string of the molecule is CCOc1c(Br)cc(Cl)cc1NC(=O)C(C)C(C)N. The number of amides is 1.